The fourth-order valence-corrected chi connectivity index (χ4v) is 3.22. The van der Waals surface area contributed by atoms with Gasteiger partial charge >= 0.3 is 0 Å². The van der Waals surface area contributed by atoms with Crippen LogP contribution in [0.5, 0.6) is 0 Å². The van der Waals surface area contributed by atoms with Crippen LogP contribution in [0.2, 0.25) is 0 Å². The Hall–Kier alpha value is -2.09. The molecule has 1 amide bonds. The molecule has 2 aromatic rings. The van der Waals surface area contributed by atoms with Crippen LogP contribution in [0.3, 0.4) is 0 Å². The van der Waals surface area contributed by atoms with Crippen molar-refractivity contribution in [2.45, 2.75) is 43.7 Å². The molecule has 0 saturated heterocycles. The van der Waals surface area contributed by atoms with Crippen LogP contribution < -0.4 is 5.32 Å². The first-order valence-corrected chi connectivity index (χ1v) is 8.95. The Morgan fingerprint density at radius 1 is 1.43 bits per heavy atom. The van der Waals surface area contributed by atoms with Crippen molar-refractivity contribution in [2.75, 3.05) is 5.32 Å². The molecule has 23 heavy (non-hydrogen) atoms. The van der Waals surface area contributed by atoms with Crippen molar-refractivity contribution in [1.29, 1.82) is 0 Å². The van der Waals surface area contributed by atoms with E-state index in [0.29, 0.717) is 11.9 Å². The maximum absolute atomic E-state index is 12.5. The number of nitrogens with one attached hydrogen (secondary N) is 1. The molecule has 1 saturated carbocycles. The molecular weight excluding hydrogens is 314 g/mol. The van der Waals surface area contributed by atoms with Gasteiger partial charge in [-0.2, -0.15) is 0 Å². The van der Waals surface area contributed by atoms with Crippen molar-refractivity contribution in [3.63, 3.8) is 0 Å². The number of benzene rings is 1. The van der Waals surface area contributed by atoms with Crippen LogP contribution in [-0.4, -0.2) is 35.6 Å². The highest BCUT2D eigenvalue weighted by atomic mass is 32.2. The van der Waals surface area contributed by atoms with Crippen molar-refractivity contribution in [3.05, 3.63) is 35.7 Å². The monoisotopic (exact) mass is 333 g/mol. The van der Waals surface area contributed by atoms with Crippen LogP contribution in [0.25, 0.3) is 0 Å². The third-order valence-corrected chi connectivity index (χ3v) is 5.44. The number of aryl methyl sites for hydroxylation is 1. The number of carbonyl (C=O) groups excluding carboxylic acids is 1. The summed E-state index contributed by atoms with van der Waals surface area (Å²) in [5.41, 5.74) is 1.71. The van der Waals surface area contributed by atoms with Crippen molar-refractivity contribution in [3.8, 4) is 0 Å². The molecule has 7 nitrogen and oxygen atoms in total. The average molecular weight is 333 g/mol. The van der Waals surface area contributed by atoms with E-state index < -0.39 is 16.0 Å². The minimum absolute atomic E-state index is 0.186. The number of aromatic nitrogens is 4. The summed E-state index contributed by atoms with van der Waals surface area (Å²) in [6.07, 6.45) is 2.10. The molecule has 1 fully saturated rings. The number of amides is 1. The van der Waals surface area contributed by atoms with Crippen LogP contribution in [-0.2, 0) is 21.3 Å². The third-order valence-electron chi connectivity index (χ3n) is 3.89. The summed E-state index contributed by atoms with van der Waals surface area (Å²) >= 11 is 0. The number of rotatable bonds is 6. The molecule has 1 heterocycles. The van der Waals surface area contributed by atoms with Crippen LogP contribution in [0, 0.1) is 6.92 Å². The van der Waals surface area contributed by atoms with E-state index in [2.05, 4.69) is 20.8 Å². The lowest BCUT2D eigenvalue weighted by Gasteiger charge is -2.13. The summed E-state index contributed by atoms with van der Waals surface area (Å²) in [6, 6.07) is 7.84. The average Bonchev–Trinajstić information content (AvgIpc) is 3.28. The number of para-hydroxylation sites is 1. The highest BCUT2D eigenvalue weighted by molar-refractivity contribution is 7.85. The minimum atomic E-state index is -1.38. The van der Waals surface area contributed by atoms with E-state index in [1.165, 1.54) is 0 Å². The highest BCUT2D eigenvalue weighted by Crippen LogP contribution is 2.34. The molecule has 1 N–H and O–H groups in total. The zero-order valence-corrected chi connectivity index (χ0v) is 13.9. The van der Waals surface area contributed by atoms with Gasteiger partial charge in [-0.1, -0.05) is 18.2 Å². The molecule has 0 spiro atoms. The molecule has 0 aliphatic heterocycles. The van der Waals surface area contributed by atoms with Gasteiger partial charge in [-0.3, -0.25) is 9.00 Å². The number of anilines is 1. The predicted octanol–water partition coefficient (Wildman–Crippen LogP) is 1.59. The van der Waals surface area contributed by atoms with E-state index in [4.69, 9.17) is 0 Å². The van der Waals surface area contributed by atoms with Gasteiger partial charge in [0.1, 0.15) is 5.25 Å². The van der Waals surface area contributed by atoms with Gasteiger partial charge in [0.05, 0.1) is 11.8 Å². The molecule has 1 aliphatic carbocycles. The Kier molecular flexibility index (Phi) is 4.51. The SMILES string of the molecule is Cc1ccccc1NC(=O)[C@@H](C)[S@@](=O)Cc1nnnn1C1CC1. The second-order valence-electron chi connectivity index (χ2n) is 5.74. The Bertz CT molecular complexity index is 741. The molecular formula is C15H19N5O2S. The summed E-state index contributed by atoms with van der Waals surface area (Å²) in [7, 11) is -1.38. The van der Waals surface area contributed by atoms with Crippen LogP contribution in [0.15, 0.2) is 24.3 Å². The third kappa shape index (κ3) is 3.64. The maximum atomic E-state index is 12.5. The fourth-order valence-electron chi connectivity index (χ4n) is 2.23. The lowest BCUT2D eigenvalue weighted by atomic mass is 10.2. The van der Waals surface area contributed by atoms with Gasteiger partial charge in [0.25, 0.3) is 0 Å². The molecule has 0 bridgehead atoms. The first kappa shape index (κ1) is 15.8. The number of carbonyl (C=O) groups is 1. The van der Waals surface area contributed by atoms with Crippen molar-refractivity contribution < 1.29 is 9.00 Å². The zero-order valence-electron chi connectivity index (χ0n) is 13.1. The fraction of sp³-hybridized carbons (Fsp3) is 0.467. The van der Waals surface area contributed by atoms with Gasteiger partial charge in [-0.15, -0.1) is 5.10 Å². The van der Waals surface area contributed by atoms with E-state index >= 15 is 0 Å². The molecule has 0 unspecified atom stereocenters. The summed E-state index contributed by atoms with van der Waals surface area (Å²) in [5, 5.41) is 13.7. The van der Waals surface area contributed by atoms with Crippen molar-refractivity contribution in [2.24, 2.45) is 0 Å². The second-order valence-corrected chi connectivity index (χ2v) is 7.50. The lowest BCUT2D eigenvalue weighted by molar-refractivity contribution is -0.115. The number of tetrazole rings is 1. The van der Waals surface area contributed by atoms with Gasteiger partial charge in [-0.05, 0) is 48.7 Å². The summed E-state index contributed by atoms with van der Waals surface area (Å²) in [4.78, 5) is 12.3. The number of nitrogens with zero attached hydrogens (tertiary/aromatic N) is 4. The largest absolute Gasteiger partial charge is 0.325 e. The van der Waals surface area contributed by atoms with Gasteiger partial charge in [-0.25, -0.2) is 4.68 Å². The molecule has 0 radical (unpaired) electrons. The maximum Gasteiger partial charge on any atom is 0.239 e. The van der Waals surface area contributed by atoms with Gasteiger partial charge in [0, 0.05) is 16.5 Å². The number of hydrogen-bond donors (Lipinski definition) is 1. The van der Waals surface area contributed by atoms with Gasteiger partial charge < -0.3 is 5.32 Å². The molecule has 1 aromatic carbocycles. The Labute approximate surface area is 136 Å². The summed E-state index contributed by atoms with van der Waals surface area (Å²) in [5.74, 6) is 0.510. The smallest absolute Gasteiger partial charge is 0.239 e. The molecule has 3 rings (SSSR count). The van der Waals surface area contributed by atoms with E-state index in [1.54, 1.807) is 11.6 Å². The van der Waals surface area contributed by atoms with Crippen LogP contribution >= 0.6 is 0 Å². The quantitative estimate of drug-likeness (QED) is 0.867. The first-order chi connectivity index (χ1) is 11.1. The van der Waals surface area contributed by atoms with Gasteiger partial charge in [0.2, 0.25) is 5.91 Å². The minimum Gasteiger partial charge on any atom is -0.325 e. The molecule has 1 aliphatic rings. The molecule has 1 aromatic heterocycles. The molecule has 122 valence electrons. The topological polar surface area (TPSA) is 89.8 Å². The van der Waals surface area contributed by atoms with E-state index in [-0.39, 0.29) is 11.7 Å². The summed E-state index contributed by atoms with van der Waals surface area (Å²) < 4.78 is 14.2. The molecule has 8 heteroatoms. The first-order valence-electron chi connectivity index (χ1n) is 7.56. The highest BCUT2D eigenvalue weighted by Gasteiger charge is 2.29. The van der Waals surface area contributed by atoms with Crippen molar-refractivity contribution in [1.82, 2.24) is 20.2 Å². The van der Waals surface area contributed by atoms with E-state index in [9.17, 15) is 9.00 Å². The molecule has 2 atom stereocenters. The standard InChI is InChI=1S/C15H19N5O2S/c1-10-5-3-4-6-13(10)16-15(21)11(2)23(22)9-14-17-18-19-20(14)12-7-8-12/h3-6,11-12H,7-9H2,1-2H3,(H,16,21)/t11-,23+/m1/s1. The Morgan fingerprint density at radius 2 is 2.17 bits per heavy atom. The predicted molar refractivity (Wildman–Crippen MR) is 87.2 cm³/mol. The van der Waals surface area contributed by atoms with Crippen LogP contribution in [0.4, 0.5) is 5.69 Å². The van der Waals surface area contributed by atoms with E-state index in [1.807, 2.05) is 31.2 Å². The normalized spacial score (nSPS) is 16.8. The second kappa shape index (κ2) is 6.57. The van der Waals surface area contributed by atoms with Crippen molar-refractivity contribution >= 4 is 22.4 Å². The zero-order chi connectivity index (χ0) is 16.4. The van der Waals surface area contributed by atoms with Crippen LogP contribution in [0.1, 0.15) is 37.2 Å². The Balaban J connectivity index is 1.63. The van der Waals surface area contributed by atoms with Gasteiger partial charge in [0.15, 0.2) is 5.82 Å². The number of hydrogen-bond acceptors (Lipinski definition) is 5. The summed E-state index contributed by atoms with van der Waals surface area (Å²) in [6.45, 7) is 3.58. The Morgan fingerprint density at radius 3 is 2.87 bits per heavy atom. The van der Waals surface area contributed by atoms with E-state index in [0.717, 1.165) is 24.1 Å². The lowest BCUT2D eigenvalue weighted by Crippen LogP contribution is -2.30.